The first kappa shape index (κ1) is 21.9. The van der Waals surface area contributed by atoms with Gasteiger partial charge in [0.05, 0.1) is 5.56 Å². The predicted molar refractivity (Wildman–Crippen MR) is 104 cm³/mol. The summed E-state index contributed by atoms with van der Waals surface area (Å²) in [6, 6.07) is -0.338. The molecule has 1 aromatic rings. The van der Waals surface area contributed by atoms with Gasteiger partial charge >= 0.3 is 6.18 Å². The number of alkyl halides is 3. The van der Waals surface area contributed by atoms with E-state index >= 15 is 0 Å². The highest BCUT2D eigenvalue weighted by atomic mass is 19.4. The minimum Gasteiger partial charge on any atom is -0.368 e. The molecule has 1 saturated heterocycles. The average Bonchev–Trinajstić information content (AvgIpc) is 3.06. The van der Waals surface area contributed by atoms with Crippen LogP contribution in [0.4, 0.5) is 13.2 Å². The molecule has 0 bridgehead atoms. The second-order valence-corrected chi connectivity index (χ2v) is 9.17. The Morgan fingerprint density at radius 3 is 2.38 bits per heavy atom. The zero-order valence-corrected chi connectivity index (χ0v) is 17.1. The van der Waals surface area contributed by atoms with E-state index in [0.29, 0.717) is 24.4 Å². The number of nitrogens with two attached hydrogens (primary N) is 1. The van der Waals surface area contributed by atoms with E-state index in [1.54, 1.807) is 0 Å². The van der Waals surface area contributed by atoms with Gasteiger partial charge in [-0.2, -0.15) is 13.2 Å². The Morgan fingerprint density at radius 2 is 1.86 bits per heavy atom. The number of likely N-dealkylation sites (tertiary alicyclic amines) is 1. The van der Waals surface area contributed by atoms with Gasteiger partial charge in [-0.1, -0.05) is 26.7 Å². The van der Waals surface area contributed by atoms with Crippen molar-refractivity contribution in [1.82, 2.24) is 9.47 Å². The Hall–Kier alpha value is -1.83. The van der Waals surface area contributed by atoms with E-state index in [1.807, 2.05) is 13.8 Å². The van der Waals surface area contributed by atoms with E-state index in [1.165, 1.54) is 31.9 Å². The van der Waals surface area contributed by atoms with Crippen molar-refractivity contribution in [1.29, 1.82) is 0 Å². The molecule has 29 heavy (non-hydrogen) atoms. The molecule has 1 spiro atoms. The van der Waals surface area contributed by atoms with Gasteiger partial charge in [-0.25, -0.2) is 0 Å². The number of hydrogen-bond donors (Lipinski definition) is 1. The smallest absolute Gasteiger partial charge is 0.368 e. The number of carbonyl (C=O) groups is 1. The van der Waals surface area contributed by atoms with Crippen LogP contribution in [0.25, 0.3) is 0 Å². The van der Waals surface area contributed by atoms with Crippen molar-refractivity contribution in [3.05, 3.63) is 33.7 Å². The Balaban J connectivity index is 1.83. The molecule has 1 saturated carbocycles. The number of primary amides is 1. The summed E-state index contributed by atoms with van der Waals surface area (Å²) in [4.78, 5) is 26.4. The van der Waals surface area contributed by atoms with E-state index in [4.69, 9.17) is 5.73 Å². The summed E-state index contributed by atoms with van der Waals surface area (Å²) in [5.41, 5.74) is 4.10. The Bertz CT molecular complexity index is 802. The van der Waals surface area contributed by atoms with Crippen LogP contribution in [0, 0.1) is 11.3 Å². The number of pyridine rings is 1. The van der Waals surface area contributed by atoms with Gasteiger partial charge in [-0.05, 0) is 42.6 Å². The van der Waals surface area contributed by atoms with Gasteiger partial charge in [-0.3, -0.25) is 9.59 Å². The normalized spacial score (nSPS) is 20.2. The molecule has 1 aliphatic heterocycles. The molecular weight excluding hydrogens is 383 g/mol. The Kier molecular flexibility index (Phi) is 6.13. The average molecular weight is 413 g/mol. The lowest BCUT2D eigenvalue weighted by molar-refractivity contribution is -0.138. The number of halogens is 3. The van der Waals surface area contributed by atoms with E-state index in [9.17, 15) is 22.8 Å². The quantitative estimate of drug-likeness (QED) is 0.745. The van der Waals surface area contributed by atoms with Gasteiger partial charge in [0, 0.05) is 31.9 Å². The highest BCUT2D eigenvalue weighted by molar-refractivity contribution is 5.78. The molecule has 1 unspecified atom stereocenters. The highest BCUT2D eigenvalue weighted by Gasteiger charge is 2.44. The zero-order valence-electron chi connectivity index (χ0n) is 17.1. The molecule has 0 radical (unpaired) electrons. The lowest BCUT2D eigenvalue weighted by Crippen LogP contribution is -2.55. The summed E-state index contributed by atoms with van der Waals surface area (Å²) in [5, 5.41) is 0. The zero-order chi connectivity index (χ0) is 21.4. The lowest BCUT2D eigenvalue weighted by Gasteiger charge is -2.48. The third-order valence-corrected chi connectivity index (χ3v) is 6.31. The van der Waals surface area contributed by atoms with Gasteiger partial charge < -0.3 is 15.2 Å². The van der Waals surface area contributed by atoms with Gasteiger partial charge in [0.25, 0.3) is 5.56 Å². The van der Waals surface area contributed by atoms with Crippen molar-refractivity contribution < 1.29 is 18.0 Å². The minimum absolute atomic E-state index is 0.0412. The van der Waals surface area contributed by atoms with Crippen LogP contribution >= 0.6 is 0 Å². The molecule has 3 rings (SSSR count). The van der Waals surface area contributed by atoms with Crippen molar-refractivity contribution in [2.75, 3.05) is 19.6 Å². The molecule has 5 nitrogen and oxygen atoms in total. The van der Waals surface area contributed by atoms with Gasteiger partial charge in [0.1, 0.15) is 6.04 Å². The number of nitrogens with zero attached hydrogens (tertiary/aromatic N) is 2. The molecule has 2 heterocycles. The van der Waals surface area contributed by atoms with Crippen LogP contribution in [0.5, 0.6) is 0 Å². The number of hydrogen-bond acceptors (Lipinski definition) is 3. The first-order valence-electron chi connectivity index (χ1n) is 10.3. The molecule has 2 aliphatic rings. The second kappa shape index (κ2) is 8.13. The highest BCUT2D eigenvalue weighted by Crippen LogP contribution is 2.45. The molecule has 1 aromatic heterocycles. The topological polar surface area (TPSA) is 68.3 Å². The summed E-state index contributed by atoms with van der Waals surface area (Å²) < 4.78 is 41.7. The van der Waals surface area contributed by atoms with Crippen LogP contribution in [-0.2, 0) is 17.4 Å². The summed E-state index contributed by atoms with van der Waals surface area (Å²) in [6.45, 7) is 6.12. The van der Waals surface area contributed by atoms with Crippen LogP contribution in [0.1, 0.15) is 63.1 Å². The van der Waals surface area contributed by atoms with Gasteiger partial charge in [0.2, 0.25) is 5.91 Å². The maximum absolute atomic E-state index is 13.5. The maximum Gasteiger partial charge on any atom is 0.416 e. The third kappa shape index (κ3) is 4.85. The number of aromatic nitrogens is 1. The van der Waals surface area contributed by atoms with Crippen LogP contribution in [-0.4, -0.2) is 35.0 Å². The number of carbonyl (C=O) groups excluding carboxylic acids is 1. The fourth-order valence-electron chi connectivity index (χ4n) is 4.89. The Morgan fingerprint density at radius 1 is 1.24 bits per heavy atom. The minimum atomic E-state index is -4.62. The molecule has 8 heteroatoms. The summed E-state index contributed by atoms with van der Waals surface area (Å²) in [5.74, 6) is -0.647. The first-order chi connectivity index (χ1) is 13.5. The van der Waals surface area contributed by atoms with Gasteiger partial charge in [0.15, 0.2) is 0 Å². The van der Waals surface area contributed by atoms with E-state index in [-0.39, 0.29) is 17.9 Å². The van der Waals surface area contributed by atoms with Crippen molar-refractivity contribution >= 4 is 5.91 Å². The molecule has 162 valence electrons. The molecule has 1 aliphatic carbocycles. The monoisotopic (exact) mass is 413 g/mol. The van der Waals surface area contributed by atoms with E-state index < -0.39 is 29.2 Å². The van der Waals surface area contributed by atoms with Crippen LogP contribution in [0.3, 0.4) is 0 Å². The van der Waals surface area contributed by atoms with Crippen LogP contribution in [0.2, 0.25) is 0 Å². The standard InChI is InChI=1S/C21H30F3N3O2/c1-14(2)9-17(19(25)29)27-11-15(16(10-18(27)28)21(22,23)24)5-8-26-12-20(13-26)6-3-4-7-20/h10-11,14,17H,3-9,12-13H2,1-2H3,(H2,25,29). The van der Waals surface area contributed by atoms with Crippen molar-refractivity contribution in [2.24, 2.45) is 17.1 Å². The van der Waals surface area contributed by atoms with Crippen LogP contribution < -0.4 is 11.3 Å². The molecule has 0 aromatic carbocycles. The fourth-order valence-corrected chi connectivity index (χ4v) is 4.89. The van der Waals surface area contributed by atoms with E-state index in [0.717, 1.165) is 17.7 Å². The van der Waals surface area contributed by atoms with Crippen molar-refractivity contribution in [3.63, 3.8) is 0 Å². The van der Waals surface area contributed by atoms with E-state index in [2.05, 4.69) is 4.90 Å². The number of amides is 1. The second-order valence-electron chi connectivity index (χ2n) is 9.17. The summed E-state index contributed by atoms with van der Waals surface area (Å²) >= 11 is 0. The molecular formula is C21H30F3N3O2. The van der Waals surface area contributed by atoms with Crippen LogP contribution in [0.15, 0.2) is 17.1 Å². The fraction of sp³-hybridized carbons (Fsp3) is 0.714. The first-order valence-corrected chi connectivity index (χ1v) is 10.3. The lowest BCUT2D eigenvalue weighted by atomic mass is 9.78. The summed E-state index contributed by atoms with van der Waals surface area (Å²) in [6.07, 6.45) is 1.95. The maximum atomic E-state index is 13.5. The molecule has 2 N–H and O–H groups in total. The predicted octanol–water partition coefficient (Wildman–Crippen LogP) is 3.36. The van der Waals surface area contributed by atoms with Crippen molar-refractivity contribution in [3.8, 4) is 0 Å². The largest absolute Gasteiger partial charge is 0.416 e. The number of rotatable bonds is 7. The third-order valence-electron chi connectivity index (χ3n) is 6.31. The molecule has 2 fully saturated rings. The molecule has 1 atom stereocenters. The summed E-state index contributed by atoms with van der Waals surface area (Å²) in [7, 11) is 0. The van der Waals surface area contributed by atoms with Gasteiger partial charge in [-0.15, -0.1) is 0 Å². The molecule has 1 amide bonds. The van der Waals surface area contributed by atoms with Crippen molar-refractivity contribution in [2.45, 2.75) is 64.6 Å². The Labute approximate surface area is 169 Å². The SMILES string of the molecule is CC(C)CC(C(N)=O)n1cc(CCN2CC3(CCCC3)C2)c(C(F)(F)F)cc1=O.